The van der Waals surface area contributed by atoms with Crippen molar-refractivity contribution in [3.8, 4) is 17.1 Å². The normalized spacial score (nSPS) is 13.1. The minimum absolute atomic E-state index is 0.0632. The number of fused-ring (bicyclic) bond motifs is 1. The number of anilines is 1. The lowest BCUT2D eigenvalue weighted by Gasteiger charge is -2.29. The van der Waals surface area contributed by atoms with Gasteiger partial charge in [-0.2, -0.15) is 0 Å². The first-order valence-corrected chi connectivity index (χ1v) is 11.7. The predicted molar refractivity (Wildman–Crippen MR) is 127 cm³/mol. The molecular weight excluding hydrogens is 442 g/mol. The topological polar surface area (TPSA) is 63.9 Å². The largest absolute Gasteiger partial charge is 0.311 e. The Hall–Kier alpha value is -3.16. The maximum absolute atomic E-state index is 13.1. The fourth-order valence-electron chi connectivity index (χ4n) is 3.90. The second-order valence-corrected chi connectivity index (χ2v) is 8.80. The quantitative estimate of drug-likeness (QED) is 0.389. The number of thioether (sulfide) groups is 1. The number of benzene rings is 2. The van der Waals surface area contributed by atoms with Crippen LogP contribution >= 0.6 is 23.4 Å². The molecule has 0 atom stereocenters. The molecule has 0 saturated heterocycles. The third kappa shape index (κ3) is 4.13. The molecule has 1 amide bonds. The van der Waals surface area contributed by atoms with E-state index in [4.69, 9.17) is 11.6 Å². The minimum atomic E-state index is 0.0632. The molecular formula is C24H20ClN5OS. The molecule has 4 aromatic rings. The highest BCUT2D eigenvalue weighted by Crippen LogP contribution is 2.31. The zero-order valence-corrected chi connectivity index (χ0v) is 18.8. The third-order valence-electron chi connectivity index (χ3n) is 5.37. The number of hydrogen-bond donors (Lipinski definition) is 0. The van der Waals surface area contributed by atoms with Gasteiger partial charge in [-0.3, -0.25) is 14.3 Å². The van der Waals surface area contributed by atoms with Crippen molar-refractivity contribution >= 4 is 35.0 Å². The summed E-state index contributed by atoms with van der Waals surface area (Å²) in [6.45, 7) is 0.736. The van der Waals surface area contributed by atoms with Gasteiger partial charge in [0.1, 0.15) is 0 Å². The summed E-state index contributed by atoms with van der Waals surface area (Å²) >= 11 is 7.64. The van der Waals surface area contributed by atoms with E-state index in [1.54, 1.807) is 12.4 Å². The number of halogens is 1. The second-order valence-electron chi connectivity index (χ2n) is 7.42. The molecule has 0 unspecified atom stereocenters. The molecule has 1 aliphatic rings. The van der Waals surface area contributed by atoms with Gasteiger partial charge in [-0.05, 0) is 54.8 Å². The van der Waals surface area contributed by atoms with Crippen LogP contribution in [-0.2, 0) is 11.2 Å². The summed E-state index contributed by atoms with van der Waals surface area (Å²) in [4.78, 5) is 19.1. The van der Waals surface area contributed by atoms with E-state index in [1.165, 1.54) is 17.3 Å². The molecule has 0 saturated carbocycles. The number of para-hydroxylation sites is 1. The Balaban J connectivity index is 1.45. The van der Waals surface area contributed by atoms with E-state index in [0.29, 0.717) is 16.0 Å². The predicted octanol–water partition coefficient (Wildman–Crippen LogP) is 5.05. The summed E-state index contributed by atoms with van der Waals surface area (Å²) in [6, 6.07) is 19.4. The van der Waals surface area contributed by atoms with Gasteiger partial charge in [-0.15, -0.1) is 10.2 Å². The Morgan fingerprint density at radius 3 is 2.72 bits per heavy atom. The Bertz CT molecular complexity index is 1260. The number of amides is 1. The van der Waals surface area contributed by atoms with E-state index >= 15 is 0 Å². The van der Waals surface area contributed by atoms with Crippen molar-refractivity contribution in [2.75, 3.05) is 17.2 Å². The number of nitrogens with zero attached hydrogens (tertiary/aromatic N) is 5. The summed E-state index contributed by atoms with van der Waals surface area (Å²) in [7, 11) is 0. The number of rotatable bonds is 5. The number of carbonyl (C=O) groups is 1. The molecule has 2 aromatic heterocycles. The van der Waals surface area contributed by atoms with Gasteiger partial charge in [0, 0.05) is 35.2 Å². The number of aryl methyl sites for hydroxylation is 1. The fraction of sp³-hybridized carbons (Fsp3) is 0.167. The van der Waals surface area contributed by atoms with Gasteiger partial charge >= 0.3 is 0 Å². The Kier molecular flexibility index (Phi) is 5.92. The Labute approximate surface area is 195 Å². The molecule has 8 heteroatoms. The monoisotopic (exact) mass is 461 g/mol. The van der Waals surface area contributed by atoms with Gasteiger partial charge in [0.2, 0.25) is 5.91 Å². The molecule has 0 N–H and O–H groups in total. The average molecular weight is 462 g/mol. The summed E-state index contributed by atoms with van der Waals surface area (Å²) < 4.78 is 1.93. The van der Waals surface area contributed by atoms with Crippen molar-refractivity contribution in [3.05, 3.63) is 83.6 Å². The highest BCUT2D eigenvalue weighted by atomic mass is 35.5. The maximum Gasteiger partial charge on any atom is 0.237 e. The maximum atomic E-state index is 13.1. The molecule has 160 valence electrons. The molecule has 0 fully saturated rings. The van der Waals surface area contributed by atoms with E-state index < -0.39 is 0 Å². The first kappa shape index (κ1) is 20.7. The number of hydrogen-bond acceptors (Lipinski definition) is 5. The van der Waals surface area contributed by atoms with Crippen LogP contribution in [0, 0.1) is 0 Å². The van der Waals surface area contributed by atoms with Crippen LogP contribution in [0.15, 0.2) is 78.2 Å². The zero-order valence-electron chi connectivity index (χ0n) is 17.2. The van der Waals surface area contributed by atoms with Crippen molar-refractivity contribution in [2.45, 2.75) is 18.0 Å². The molecule has 0 aliphatic carbocycles. The van der Waals surface area contributed by atoms with Crippen LogP contribution in [0.3, 0.4) is 0 Å². The first-order chi connectivity index (χ1) is 15.7. The Morgan fingerprint density at radius 1 is 1.03 bits per heavy atom. The van der Waals surface area contributed by atoms with Crippen LogP contribution in [0.25, 0.3) is 17.1 Å². The van der Waals surface area contributed by atoms with Crippen molar-refractivity contribution in [1.29, 1.82) is 0 Å². The van der Waals surface area contributed by atoms with E-state index in [0.717, 1.165) is 36.3 Å². The molecule has 5 rings (SSSR count). The molecule has 2 aromatic carbocycles. The minimum Gasteiger partial charge on any atom is -0.311 e. The summed E-state index contributed by atoms with van der Waals surface area (Å²) in [5.74, 6) is 1.00. The lowest BCUT2D eigenvalue weighted by atomic mass is 10.0. The first-order valence-electron chi connectivity index (χ1n) is 10.3. The van der Waals surface area contributed by atoms with Crippen molar-refractivity contribution in [2.24, 2.45) is 0 Å². The van der Waals surface area contributed by atoms with Crippen molar-refractivity contribution in [1.82, 2.24) is 19.7 Å². The Morgan fingerprint density at radius 2 is 1.88 bits per heavy atom. The van der Waals surface area contributed by atoms with Crippen LogP contribution in [-0.4, -0.2) is 38.0 Å². The van der Waals surface area contributed by atoms with Gasteiger partial charge in [0.05, 0.1) is 11.4 Å². The van der Waals surface area contributed by atoms with Crippen LogP contribution < -0.4 is 4.90 Å². The van der Waals surface area contributed by atoms with Gasteiger partial charge < -0.3 is 4.90 Å². The van der Waals surface area contributed by atoms with Crippen LogP contribution in [0.5, 0.6) is 0 Å². The van der Waals surface area contributed by atoms with Crippen LogP contribution in [0.1, 0.15) is 12.0 Å². The van der Waals surface area contributed by atoms with Crippen molar-refractivity contribution < 1.29 is 4.79 Å². The van der Waals surface area contributed by atoms with Gasteiger partial charge in [-0.25, -0.2) is 0 Å². The van der Waals surface area contributed by atoms with Gasteiger partial charge in [0.15, 0.2) is 11.0 Å². The highest BCUT2D eigenvalue weighted by molar-refractivity contribution is 7.99. The van der Waals surface area contributed by atoms with E-state index in [2.05, 4.69) is 21.2 Å². The molecule has 32 heavy (non-hydrogen) atoms. The lowest BCUT2D eigenvalue weighted by molar-refractivity contribution is -0.116. The van der Waals surface area contributed by atoms with Crippen LogP contribution in [0.2, 0.25) is 5.02 Å². The van der Waals surface area contributed by atoms with E-state index in [9.17, 15) is 4.79 Å². The second kappa shape index (κ2) is 9.14. The SMILES string of the molecule is O=C(CSc1nnc(-c2ccncc2)n1-c1cccc(Cl)c1)N1CCCc2ccccc21. The van der Waals surface area contributed by atoms with E-state index in [-0.39, 0.29) is 11.7 Å². The lowest BCUT2D eigenvalue weighted by Crippen LogP contribution is -2.36. The van der Waals surface area contributed by atoms with Crippen molar-refractivity contribution in [3.63, 3.8) is 0 Å². The standard InChI is InChI=1S/C24H20ClN5OS/c25-19-7-3-8-20(15-19)30-23(18-10-12-26-13-11-18)27-28-24(30)32-16-22(31)29-14-4-6-17-5-1-2-9-21(17)29/h1-3,5,7-13,15H,4,6,14,16H2. The number of pyridine rings is 1. The fourth-order valence-corrected chi connectivity index (χ4v) is 4.91. The molecule has 3 heterocycles. The molecule has 1 aliphatic heterocycles. The number of carbonyl (C=O) groups excluding carboxylic acids is 1. The van der Waals surface area contributed by atoms with Gasteiger partial charge in [-0.1, -0.05) is 47.6 Å². The average Bonchev–Trinajstić information content (AvgIpc) is 3.27. The smallest absolute Gasteiger partial charge is 0.237 e. The van der Waals surface area contributed by atoms with Gasteiger partial charge in [0.25, 0.3) is 0 Å². The van der Waals surface area contributed by atoms with Crippen LogP contribution in [0.4, 0.5) is 5.69 Å². The summed E-state index contributed by atoms with van der Waals surface area (Å²) in [5, 5.41) is 10.1. The number of aromatic nitrogens is 4. The molecule has 0 radical (unpaired) electrons. The molecule has 0 bridgehead atoms. The molecule has 0 spiro atoms. The summed E-state index contributed by atoms with van der Waals surface area (Å²) in [5.41, 5.74) is 3.96. The zero-order chi connectivity index (χ0) is 21.9. The molecule has 6 nitrogen and oxygen atoms in total. The summed E-state index contributed by atoms with van der Waals surface area (Å²) in [6.07, 6.45) is 5.41. The van der Waals surface area contributed by atoms with E-state index in [1.807, 2.05) is 64.1 Å². The highest BCUT2D eigenvalue weighted by Gasteiger charge is 2.24. The third-order valence-corrected chi connectivity index (χ3v) is 6.52.